The SMILES string of the molecule is CCC(CCCC[P+](c1ccccc1)(c1ccccc1)c1ccccc1)OC. The van der Waals surface area contributed by atoms with E-state index in [1.807, 2.05) is 7.11 Å². The lowest BCUT2D eigenvalue weighted by Crippen LogP contribution is -2.33. The van der Waals surface area contributed by atoms with Gasteiger partial charge in [-0.25, -0.2) is 0 Å². The molecule has 3 rings (SSSR count). The van der Waals surface area contributed by atoms with Gasteiger partial charge in [0, 0.05) is 7.11 Å². The van der Waals surface area contributed by atoms with Gasteiger partial charge in [-0.05, 0) is 62.1 Å². The zero-order valence-corrected chi connectivity index (χ0v) is 18.0. The summed E-state index contributed by atoms with van der Waals surface area (Å²) in [5.74, 6) is 0. The molecule has 0 aliphatic rings. The highest BCUT2D eigenvalue weighted by atomic mass is 31.2. The van der Waals surface area contributed by atoms with Crippen LogP contribution in [0.3, 0.4) is 0 Å². The molecular formula is C26H32OP+. The second-order valence-electron chi connectivity index (χ2n) is 7.30. The van der Waals surface area contributed by atoms with Crippen LogP contribution in [0.1, 0.15) is 32.6 Å². The number of ether oxygens (including phenoxy) is 1. The van der Waals surface area contributed by atoms with Crippen LogP contribution < -0.4 is 15.9 Å². The van der Waals surface area contributed by atoms with Crippen LogP contribution in [0.15, 0.2) is 91.0 Å². The van der Waals surface area contributed by atoms with Gasteiger partial charge in [0.05, 0.1) is 12.3 Å². The summed E-state index contributed by atoms with van der Waals surface area (Å²) in [6.07, 6.45) is 6.24. The van der Waals surface area contributed by atoms with Gasteiger partial charge < -0.3 is 4.74 Å². The van der Waals surface area contributed by atoms with Crippen molar-refractivity contribution in [2.45, 2.75) is 38.7 Å². The van der Waals surface area contributed by atoms with Gasteiger partial charge in [0.25, 0.3) is 0 Å². The van der Waals surface area contributed by atoms with Crippen molar-refractivity contribution in [1.82, 2.24) is 0 Å². The fourth-order valence-corrected chi connectivity index (χ4v) is 8.50. The maximum Gasteiger partial charge on any atom is 0.112 e. The molecule has 0 aliphatic carbocycles. The third-order valence-electron chi connectivity index (χ3n) is 5.65. The zero-order chi connectivity index (χ0) is 19.7. The van der Waals surface area contributed by atoms with Crippen LogP contribution in [0, 0.1) is 0 Å². The van der Waals surface area contributed by atoms with Gasteiger partial charge in [0.15, 0.2) is 0 Å². The van der Waals surface area contributed by atoms with Crippen molar-refractivity contribution in [1.29, 1.82) is 0 Å². The van der Waals surface area contributed by atoms with Crippen LogP contribution in [0.2, 0.25) is 0 Å². The summed E-state index contributed by atoms with van der Waals surface area (Å²) in [5.41, 5.74) is 0. The normalized spacial score (nSPS) is 12.6. The van der Waals surface area contributed by atoms with Crippen LogP contribution in [0.4, 0.5) is 0 Å². The number of unbranched alkanes of at least 4 members (excludes halogenated alkanes) is 1. The van der Waals surface area contributed by atoms with Crippen LogP contribution >= 0.6 is 7.26 Å². The summed E-state index contributed by atoms with van der Waals surface area (Å²) in [4.78, 5) is 0. The molecule has 1 atom stereocenters. The van der Waals surface area contributed by atoms with Gasteiger partial charge in [0.1, 0.15) is 23.2 Å². The lowest BCUT2D eigenvalue weighted by molar-refractivity contribution is 0.0903. The van der Waals surface area contributed by atoms with E-state index in [0.29, 0.717) is 6.10 Å². The summed E-state index contributed by atoms with van der Waals surface area (Å²) in [5, 5.41) is 4.43. The van der Waals surface area contributed by atoms with Crippen LogP contribution in [-0.4, -0.2) is 19.4 Å². The first-order valence-corrected chi connectivity index (χ1v) is 12.4. The zero-order valence-electron chi connectivity index (χ0n) is 17.1. The summed E-state index contributed by atoms with van der Waals surface area (Å²) < 4.78 is 5.59. The minimum absolute atomic E-state index is 0.387. The Morgan fingerprint density at radius 2 is 1.11 bits per heavy atom. The van der Waals surface area contributed by atoms with Crippen molar-refractivity contribution in [3.05, 3.63) is 91.0 Å². The van der Waals surface area contributed by atoms with Gasteiger partial charge in [-0.1, -0.05) is 61.5 Å². The minimum atomic E-state index is -1.67. The molecule has 0 amide bonds. The Hall–Kier alpha value is -1.95. The smallest absolute Gasteiger partial charge is 0.112 e. The van der Waals surface area contributed by atoms with Crippen LogP contribution in [0.5, 0.6) is 0 Å². The Bertz CT molecular complexity index is 701. The highest BCUT2D eigenvalue weighted by Crippen LogP contribution is 2.55. The summed E-state index contributed by atoms with van der Waals surface area (Å²) in [7, 11) is 0.166. The first-order valence-electron chi connectivity index (χ1n) is 10.4. The number of hydrogen-bond donors (Lipinski definition) is 0. The predicted molar refractivity (Wildman–Crippen MR) is 125 cm³/mol. The first kappa shape index (κ1) is 20.8. The molecule has 3 aromatic rings. The van der Waals surface area contributed by atoms with Crippen molar-refractivity contribution in [3.8, 4) is 0 Å². The molecule has 0 bridgehead atoms. The summed E-state index contributed by atoms with van der Waals surface area (Å²) in [6, 6.07) is 33.5. The third kappa shape index (κ3) is 4.72. The minimum Gasteiger partial charge on any atom is -0.381 e. The number of methoxy groups -OCH3 is 1. The van der Waals surface area contributed by atoms with E-state index in [0.717, 1.165) is 12.8 Å². The molecule has 0 heterocycles. The molecule has 1 nitrogen and oxygen atoms in total. The largest absolute Gasteiger partial charge is 0.381 e. The Kier molecular flexibility index (Phi) is 7.83. The van der Waals surface area contributed by atoms with E-state index in [-0.39, 0.29) is 0 Å². The molecule has 0 aromatic heterocycles. The Morgan fingerprint density at radius 1 is 0.679 bits per heavy atom. The molecule has 0 N–H and O–H groups in total. The first-order chi connectivity index (χ1) is 13.8. The maximum atomic E-state index is 5.59. The van der Waals surface area contributed by atoms with E-state index in [9.17, 15) is 0 Å². The maximum absolute atomic E-state index is 5.59. The molecule has 1 unspecified atom stereocenters. The third-order valence-corrected chi connectivity index (χ3v) is 10.2. The van der Waals surface area contributed by atoms with E-state index in [1.54, 1.807) is 0 Å². The Morgan fingerprint density at radius 3 is 1.46 bits per heavy atom. The van der Waals surface area contributed by atoms with E-state index >= 15 is 0 Å². The fraction of sp³-hybridized carbons (Fsp3) is 0.308. The second kappa shape index (κ2) is 10.6. The lowest BCUT2D eigenvalue weighted by atomic mass is 10.1. The second-order valence-corrected chi connectivity index (χ2v) is 10.9. The van der Waals surface area contributed by atoms with Crippen LogP contribution in [0.25, 0.3) is 0 Å². The van der Waals surface area contributed by atoms with Gasteiger partial charge in [-0.3, -0.25) is 0 Å². The number of hydrogen-bond acceptors (Lipinski definition) is 1. The van der Waals surface area contributed by atoms with Crippen LogP contribution in [-0.2, 0) is 4.74 Å². The summed E-state index contributed by atoms with van der Waals surface area (Å²) >= 11 is 0. The van der Waals surface area contributed by atoms with Gasteiger partial charge >= 0.3 is 0 Å². The topological polar surface area (TPSA) is 9.23 Å². The molecule has 0 radical (unpaired) electrons. The monoisotopic (exact) mass is 391 g/mol. The Labute approximate surface area is 171 Å². The molecule has 28 heavy (non-hydrogen) atoms. The molecular weight excluding hydrogens is 359 g/mol. The van der Waals surface area contributed by atoms with Gasteiger partial charge in [-0.15, -0.1) is 0 Å². The Balaban J connectivity index is 1.99. The van der Waals surface area contributed by atoms with Gasteiger partial charge in [-0.2, -0.15) is 0 Å². The molecule has 0 fully saturated rings. The van der Waals surface area contributed by atoms with E-state index < -0.39 is 7.26 Å². The van der Waals surface area contributed by atoms with E-state index in [2.05, 4.69) is 97.9 Å². The molecule has 3 aromatic carbocycles. The summed E-state index contributed by atoms with van der Waals surface area (Å²) in [6.45, 7) is 2.21. The van der Waals surface area contributed by atoms with Crippen molar-refractivity contribution >= 4 is 23.2 Å². The number of benzene rings is 3. The van der Waals surface area contributed by atoms with Crippen molar-refractivity contribution in [2.24, 2.45) is 0 Å². The standard InChI is InChI=1S/C26H32OP/c1-3-23(27-2)15-13-14-22-28(24-16-7-4-8-17-24,25-18-9-5-10-19-25)26-20-11-6-12-21-26/h4-12,16-21,23H,3,13-15,22H2,1-2H3/q+1. The molecule has 2 heteroatoms. The predicted octanol–water partition coefficient (Wildman–Crippen LogP) is 5.58. The molecule has 0 aliphatic heterocycles. The lowest BCUT2D eigenvalue weighted by Gasteiger charge is -2.28. The van der Waals surface area contributed by atoms with E-state index in [1.165, 1.54) is 34.9 Å². The molecule has 146 valence electrons. The molecule has 0 saturated carbocycles. The van der Waals surface area contributed by atoms with Gasteiger partial charge in [0.2, 0.25) is 0 Å². The van der Waals surface area contributed by atoms with Crippen molar-refractivity contribution in [2.75, 3.05) is 13.3 Å². The van der Waals surface area contributed by atoms with E-state index in [4.69, 9.17) is 4.74 Å². The molecule has 0 spiro atoms. The highest BCUT2D eigenvalue weighted by Gasteiger charge is 2.44. The average Bonchev–Trinajstić information content (AvgIpc) is 2.78. The number of rotatable bonds is 10. The highest BCUT2D eigenvalue weighted by molar-refractivity contribution is 7.95. The average molecular weight is 392 g/mol. The fourth-order valence-electron chi connectivity index (χ4n) is 4.09. The van der Waals surface area contributed by atoms with Crippen molar-refractivity contribution < 1.29 is 4.74 Å². The molecule has 0 saturated heterocycles. The quantitative estimate of drug-likeness (QED) is 0.324. The van der Waals surface area contributed by atoms with Crippen molar-refractivity contribution in [3.63, 3.8) is 0 Å².